The second-order valence-electron chi connectivity index (χ2n) is 5.75. The number of carbonyl (C=O) groups excluding carboxylic acids is 1. The monoisotopic (exact) mass is 402 g/mol. The number of rotatable bonds is 4. The van der Waals surface area contributed by atoms with E-state index in [9.17, 15) is 17.6 Å². The van der Waals surface area contributed by atoms with Gasteiger partial charge in [0.15, 0.2) is 0 Å². The minimum atomic E-state index is -4.23. The molecule has 25 heavy (non-hydrogen) atoms. The molecule has 0 saturated carbocycles. The molecule has 1 aliphatic carbocycles. The minimum Gasteiger partial charge on any atom is -0.273 e. The number of thiophene rings is 1. The zero-order chi connectivity index (χ0) is 18.0. The van der Waals surface area contributed by atoms with Crippen LogP contribution in [0.15, 0.2) is 29.2 Å². The van der Waals surface area contributed by atoms with Gasteiger partial charge in [-0.1, -0.05) is 18.0 Å². The molecule has 1 aromatic carbocycles. The first-order chi connectivity index (χ1) is 11.9. The van der Waals surface area contributed by atoms with E-state index in [1.54, 1.807) is 6.07 Å². The highest BCUT2D eigenvalue weighted by Crippen LogP contribution is 2.29. The molecular formula is C16H16ClFN2O3S2. The van der Waals surface area contributed by atoms with Crippen molar-refractivity contribution < 1.29 is 17.6 Å². The van der Waals surface area contributed by atoms with Gasteiger partial charge in [-0.05, 0) is 55.5 Å². The first-order valence-corrected chi connectivity index (χ1v) is 10.4. The summed E-state index contributed by atoms with van der Waals surface area (Å²) in [7, 11) is -4.23. The number of nitrogens with one attached hydrogen (secondary N) is 2. The molecule has 5 nitrogen and oxygen atoms in total. The fraction of sp³-hybridized carbons (Fsp3) is 0.312. The summed E-state index contributed by atoms with van der Waals surface area (Å²) in [5.74, 6) is -1.55. The predicted molar refractivity (Wildman–Crippen MR) is 94.8 cm³/mol. The van der Waals surface area contributed by atoms with Crippen LogP contribution in [-0.4, -0.2) is 14.3 Å². The summed E-state index contributed by atoms with van der Waals surface area (Å²) in [5, 5.41) is 0.0839. The standard InChI is InChI=1S/C16H16ClFN2O3S2/c17-11-6-7-15(12(18)9-11)25(22,23)20-19-16(21)14-8-10-4-2-1-3-5-13(10)24-14/h6-9,20H,1-5H2,(H,19,21). The Hall–Kier alpha value is -1.48. The van der Waals surface area contributed by atoms with Crippen LogP contribution in [0.1, 0.15) is 39.4 Å². The quantitative estimate of drug-likeness (QED) is 0.607. The van der Waals surface area contributed by atoms with Crippen molar-refractivity contribution in [2.75, 3.05) is 0 Å². The van der Waals surface area contributed by atoms with Crippen LogP contribution in [0.25, 0.3) is 0 Å². The van der Waals surface area contributed by atoms with Crippen molar-refractivity contribution >= 4 is 38.9 Å². The Kier molecular flexibility index (Phi) is 5.43. The van der Waals surface area contributed by atoms with Crippen molar-refractivity contribution in [1.29, 1.82) is 0 Å². The van der Waals surface area contributed by atoms with Crippen molar-refractivity contribution in [2.45, 2.75) is 37.0 Å². The van der Waals surface area contributed by atoms with Gasteiger partial charge in [0.1, 0.15) is 10.7 Å². The van der Waals surface area contributed by atoms with Crippen LogP contribution < -0.4 is 10.3 Å². The van der Waals surface area contributed by atoms with E-state index in [0.29, 0.717) is 4.88 Å². The van der Waals surface area contributed by atoms with Gasteiger partial charge < -0.3 is 0 Å². The molecule has 1 aromatic heterocycles. The van der Waals surface area contributed by atoms with Crippen LogP contribution in [0.2, 0.25) is 5.02 Å². The zero-order valence-corrected chi connectivity index (χ0v) is 15.5. The predicted octanol–water partition coefficient (Wildman–Crippen LogP) is 3.43. The van der Waals surface area contributed by atoms with Crippen molar-refractivity contribution in [2.24, 2.45) is 0 Å². The first kappa shape index (κ1) is 18.3. The molecule has 0 fully saturated rings. The van der Waals surface area contributed by atoms with Crippen LogP contribution in [0.5, 0.6) is 0 Å². The van der Waals surface area contributed by atoms with Gasteiger partial charge in [-0.2, -0.15) is 0 Å². The average molecular weight is 403 g/mol. The summed E-state index contributed by atoms with van der Waals surface area (Å²) in [4.78, 5) is 15.2. The second-order valence-corrected chi connectivity index (χ2v) is 8.98. The maximum Gasteiger partial charge on any atom is 0.276 e. The van der Waals surface area contributed by atoms with Gasteiger partial charge in [0.05, 0.1) is 4.88 Å². The SMILES string of the molecule is O=C(NNS(=O)(=O)c1ccc(Cl)cc1F)c1cc2c(s1)CCCCC2. The van der Waals surface area contributed by atoms with Gasteiger partial charge in [-0.25, -0.2) is 12.8 Å². The third-order valence-electron chi connectivity index (χ3n) is 3.95. The van der Waals surface area contributed by atoms with E-state index >= 15 is 0 Å². The van der Waals surface area contributed by atoms with Crippen molar-refractivity contribution in [1.82, 2.24) is 10.3 Å². The largest absolute Gasteiger partial charge is 0.276 e. The lowest BCUT2D eigenvalue weighted by Gasteiger charge is -2.08. The molecule has 1 aliphatic rings. The molecule has 0 atom stereocenters. The lowest BCUT2D eigenvalue weighted by molar-refractivity contribution is 0.0949. The maximum atomic E-state index is 13.8. The summed E-state index contributed by atoms with van der Waals surface area (Å²) < 4.78 is 38.0. The Morgan fingerprint density at radius 2 is 1.92 bits per heavy atom. The fourth-order valence-electron chi connectivity index (χ4n) is 2.70. The van der Waals surface area contributed by atoms with Crippen LogP contribution >= 0.6 is 22.9 Å². The van der Waals surface area contributed by atoms with Crippen molar-refractivity contribution in [3.63, 3.8) is 0 Å². The van der Waals surface area contributed by atoms with Gasteiger partial charge in [-0.3, -0.25) is 10.2 Å². The number of benzene rings is 1. The number of carbonyl (C=O) groups is 1. The summed E-state index contributed by atoms with van der Waals surface area (Å²) >= 11 is 6.98. The van der Waals surface area contributed by atoms with E-state index in [2.05, 4.69) is 5.43 Å². The van der Waals surface area contributed by atoms with Crippen molar-refractivity contribution in [3.05, 3.63) is 50.4 Å². The Morgan fingerprint density at radius 1 is 1.16 bits per heavy atom. The molecule has 2 aromatic rings. The molecule has 1 amide bonds. The molecular weight excluding hydrogens is 387 g/mol. The number of halogens is 2. The van der Waals surface area contributed by atoms with Gasteiger partial charge in [0.25, 0.3) is 15.9 Å². The van der Waals surface area contributed by atoms with Gasteiger partial charge in [0.2, 0.25) is 0 Å². The highest BCUT2D eigenvalue weighted by Gasteiger charge is 2.22. The number of hydrogen-bond acceptors (Lipinski definition) is 4. The summed E-state index contributed by atoms with van der Waals surface area (Å²) in [5.41, 5.74) is 3.29. The summed E-state index contributed by atoms with van der Waals surface area (Å²) in [6.07, 6.45) is 5.23. The van der Waals surface area contributed by atoms with E-state index in [1.807, 2.05) is 4.83 Å². The number of hydrogen-bond donors (Lipinski definition) is 2. The van der Waals surface area contributed by atoms with Gasteiger partial charge in [0, 0.05) is 9.90 Å². The molecule has 1 heterocycles. The summed E-state index contributed by atoms with van der Waals surface area (Å²) in [6.45, 7) is 0. The molecule has 0 saturated heterocycles. The van der Waals surface area contributed by atoms with E-state index in [0.717, 1.165) is 43.4 Å². The first-order valence-electron chi connectivity index (χ1n) is 7.75. The Balaban J connectivity index is 1.71. The molecule has 2 N–H and O–H groups in total. The molecule has 0 radical (unpaired) electrons. The minimum absolute atomic E-state index is 0.0839. The highest BCUT2D eigenvalue weighted by atomic mass is 35.5. The average Bonchev–Trinajstić information content (AvgIpc) is 2.83. The molecule has 134 valence electrons. The van der Waals surface area contributed by atoms with E-state index in [1.165, 1.54) is 28.7 Å². The smallest absolute Gasteiger partial charge is 0.273 e. The number of fused-ring (bicyclic) bond motifs is 1. The normalized spacial score (nSPS) is 14.6. The second kappa shape index (κ2) is 7.41. The molecule has 9 heteroatoms. The Bertz CT molecular complexity index is 889. The number of aryl methyl sites for hydroxylation is 2. The van der Waals surface area contributed by atoms with E-state index < -0.39 is 26.6 Å². The lowest BCUT2D eigenvalue weighted by Crippen LogP contribution is -2.41. The van der Waals surface area contributed by atoms with E-state index in [-0.39, 0.29) is 5.02 Å². The maximum absolute atomic E-state index is 13.8. The molecule has 0 bridgehead atoms. The molecule has 0 aliphatic heterocycles. The van der Waals surface area contributed by atoms with Gasteiger partial charge in [-0.15, -0.1) is 16.2 Å². The van der Waals surface area contributed by atoms with Crippen LogP contribution in [0.3, 0.4) is 0 Å². The van der Waals surface area contributed by atoms with Gasteiger partial charge >= 0.3 is 0 Å². The zero-order valence-electron chi connectivity index (χ0n) is 13.1. The van der Waals surface area contributed by atoms with Crippen molar-refractivity contribution in [3.8, 4) is 0 Å². The molecule has 0 unspecified atom stereocenters. The molecule has 3 rings (SSSR count). The Morgan fingerprint density at radius 3 is 2.68 bits per heavy atom. The highest BCUT2D eigenvalue weighted by molar-refractivity contribution is 7.89. The topological polar surface area (TPSA) is 75.3 Å². The van der Waals surface area contributed by atoms with Crippen LogP contribution in [0.4, 0.5) is 4.39 Å². The lowest BCUT2D eigenvalue weighted by atomic mass is 10.1. The third-order valence-corrected chi connectivity index (χ3v) is 6.70. The summed E-state index contributed by atoms with van der Waals surface area (Å²) in [6, 6.07) is 5.00. The number of sulfonamides is 1. The van der Waals surface area contributed by atoms with E-state index in [4.69, 9.17) is 11.6 Å². The number of amides is 1. The number of hydrazine groups is 1. The fourth-order valence-corrected chi connectivity index (χ4v) is 4.91. The molecule has 0 spiro atoms. The Labute approximate surface area is 154 Å². The van der Waals surface area contributed by atoms with Crippen LogP contribution in [0, 0.1) is 5.82 Å². The van der Waals surface area contributed by atoms with Crippen LogP contribution in [-0.2, 0) is 22.9 Å². The third kappa shape index (κ3) is 4.20.